The number of methoxy groups -OCH3 is 1. The Kier molecular flexibility index (Phi) is 7.78. The number of benzene rings is 2. The molecule has 3 N–H and O–H groups in total. The van der Waals surface area contributed by atoms with Crippen LogP contribution in [0.25, 0.3) is 0 Å². The van der Waals surface area contributed by atoms with Gasteiger partial charge in [-0.05, 0) is 29.3 Å². The third-order valence-electron chi connectivity index (χ3n) is 4.07. The highest BCUT2D eigenvalue weighted by atomic mass is 32.2. The van der Waals surface area contributed by atoms with Gasteiger partial charge >= 0.3 is 6.03 Å². The molecule has 0 fully saturated rings. The van der Waals surface area contributed by atoms with Gasteiger partial charge in [-0.1, -0.05) is 48.5 Å². The Balaban J connectivity index is 1.93. The van der Waals surface area contributed by atoms with E-state index >= 15 is 0 Å². The van der Waals surface area contributed by atoms with Gasteiger partial charge in [0.1, 0.15) is 0 Å². The Morgan fingerprint density at radius 2 is 1.37 bits per heavy atom. The van der Waals surface area contributed by atoms with Gasteiger partial charge in [-0.3, -0.25) is 0 Å². The Morgan fingerprint density at radius 3 is 1.89 bits per heavy atom. The van der Waals surface area contributed by atoms with Crippen LogP contribution < -0.4 is 15.4 Å². The maximum absolute atomic E-state index is 12.1. The number of ether oxygens (including phenoxy) is 1. The van der Waals surface area contributed by atoms with E-state index in [4.69, 9.17) is 4.74 Å². The molecule has 0 bridgehead atoms. The van der Waals surface area contributed by atoms with Gasteiger partial charge in [0.05, 0.1) is 12.4 Å². The Morgan fingerprint density at radius 1 is 0.889 bits per heavy atom. The molecule has 146 valence electrons. The Labute approximate surface area is 160 Å². The predicted octanol–water partition coefficient (Wildman–Crippen LogP) is 1.88. The minimum absolute atomic E-state index is 0.132. The molecule has 8 heteroatoms. The number of carbonyl (C=O) groups excluding carboxylic acids is 1. The van der Waals surface area contributed by atoms with Crippen LogP contribution in [0.3, 0.4) is 0 Å². The SMILES string of the molecule is CNS(=O)(=O)Cc1ccccc1CNC(=O)NCc1ccccc1COC. The lowest BCUT2D eigenvalue weighted by Crippen LogP contribution is -2.35. The number of rotatable bonds is 9. The molecule has 0 unspecified atom stereocenters. The molecule has 2 aromatic carbocycles. The fourth-order valence-corrected chi connectivity index (χ4v) is 3.42. The van der Waals surface area contributed by atoms with Gasteiger partial charge in [0.2, 0.25) is 10.0 Å². The van der Waals surface area contributed by atoms with Crippen molar-refractivity contribution in [3.8, 4) is 0 Å². The van der Waals surface area contributed by atoms with Crippen LogP contribution >= 0.6 is 0 Å². The molecule has 2 amide bonds. The Hall–Kier alpha value is -2.42. The molecule has 0 aliphatic heterocycles. The third kappa shape index (κ3) is 6.67. The molecule has 0 saturated carbocycles. The van der Waals surface area contributed by atoms with Gasteiger partial charge in [0.15, 0.2) is 0 Å². The van der Waals surface area contributed by atoms with Gasteiger partial charge < -0.3 is 15.4 Å². The third-order valence-corrected chi connectivity index (χ3v) is 5.38. The highest BCUT2D eigenvalue weighted by molar-refractivity contribution is 7.88. The number of urea groups is 1. The summed E-state index contributed by atoms with van der Waals surface area (Å²) in [6.45, 7) is 1.09. The molecule has 0 aromatic heterocycles. The maximum atomic E-state index is 12.1. The van der Waals surface area contributed by atoms with Crippen LogP contribution in [-0.2, 0) is 40.2 Å². The van der Waals surface area contributed by atoms with Gasteiger partial charge in [-0.25, -0.2) is 17.9 Å². The van der Waals surface area contributed by atoms with E-state index in [2.05, 4.69) is 15.4 Å². The van der Waals surface area contributed by atoms with Crippen LogP contribution in [0.5, 0.6) is 0 Å². The highest BCUT2D eigenvalue weighted by Crippen LogP contribution is 2.12. The van der Waals surface area contributed by atoms with E-state index in [1.165, 1.54) is 7.05 Å². The summed E-state index contributed by atoms with van der Waals surface area (Å²) in [6, 6.07) is 14.5. The van der Waals surface area contributed by atoms with Crippen molar-refractivity contribution in [3.05, 3.63) is 70.8 Å². The second-order valence-corrected chi connectivity index (χ2v) is 7.90. The second-order valence-electron chi connectivity index (χ2n) is 5.97. The van der Waals surface area contributed by atoms with Crippen molar-refractivity contribution in [1.29, 1.82) is 0 Å². The first-order chi connectivity index (χ1) is 12.9. The standard InChI is InChI=1S/C19H25N3O4S/c1-20-27(24,25)14-18-10-6-4-8-16(18)12-22-19(23)21-11-15-7-3-5-9-17(15)13-26-2/h3-10,20H,11-14H2,1-2H3,(H2,21,22,23). The lowest BCUT2D eigenvalue weighted by atomic mass is 10.1. The number of amides is 2. The van der Waals surface area contributed by atoms with Crippen LogP contribution in [0.2, 0.25) is 0 Å². The summed E-state index contributed by atoms with van der Waals surface area (Å²) < 4.78 is 31.0. The maximum Gasteiger partial charge on any atom is 0.315 e. The number of sulfonamides is 1. The minimum Gasteiger partial charge on any atom is -0.380 e. The van der Waals surface area contributed by atoms with Gasteiger partial charge in [0.25, 0.3) is 0 Å². The van der Waals surface area contributed by atoms with Crippen LogP contribution in [0, 0.1) is 0 Å². The summed E-state index contributed by atoms with van der Waals surface area (Å²) in [5, 5.41) is 5.58. The minimum atomic E-state index is -3.38. The molecule has 0 radical (unpaired) electrons. The summed E-state index contributed by atoms with van der Waals surface area (Å²) in [6.07, 6.45) is 0. The second kappa shape index (κ2) is 10.1. The van der Waals surface area contributed by atoms with E-state index < -0.39 is 10.0 Å². The van der Waals surface area contributed by atoms with Crippen molar-refractivity contribution in [3.63, 3.8) is 0 Å². The summed E-state index contributed by atoms with van der Waals surface area (Å²) in [4.78, 5) is 12.1. The van der Waals surface area contributed by atoms with Crippen molar-refractivity contribution in [2.24, 2.45) is 0 Å². The first-order valence-electron chi connectivity index (χ1n) is 8.50. The molecule has 2 rings (SSSR count). The molecule has 0 saturated heterocycles. The van der Waals surface area contributed by atoms with Crippen molar-refractivity contribution < 1.29 is 17.9 Å². The lowest BCUT2D eigenvalue weighted by Gasteiger charge is -2.13. The molecule has 0 atom stereocenters. The van der Waals surface area contributed by atoms with E-state index in [1.807, 2.05) is 30.3 Å². The predicted molar refractivity (Wildman–Crippen MR) is 104 cm³/mol. The van der Waals surface area contributed by atoms with E-state index in [0.717, 1.165) is 16.7 Å². The lowest BCUT2D eigenvalue weighted by molar-refractivity contribution is 0.184. The zero-order chi connectivity index (χ0) is 19.7. The van der Waals surface area contributed by atoms with Crippen LogP contribution in [0.4, 0.5) is 4.79 Å². The first-order valence-corrected chi connectivity index (χ1v) is 10.2. The van der Waals surface area contributed by atoms with Crippen molar-refractivity contribution >= 4 is 16.1 Å². The van der Waals surface area contributed by atoms with Crippen molar-refractivity contribution in [2.75, 3.05) is 14.2 Å². The zero-order valence-electron chi connectivity index (χ0n) is 15.5. The Bertz CT molecular complexity index is 869. The fraction of sp³-hybridized carbons (Fsp3) is 0.316. The number of hydrogen-bond donors (Lipinski definition) is 3. The summed E-state index contributed by atoms with van der Waals surface area (Å²) in [7, 11) is -0.373. The van der Waals surface area contributed by atoms with Crippen LogP contribution in [0.1, 0.15) is 22.3 Å². The van der Waals surface area contributed by atoms with Gasteiger partial charge in [-0.15, -0.1) is 0 Å². The highest BCUT2D eigenvalue weighted by Gasteiger charge is 2.12. The van der Waals surface area contributed by atoms with E-state index in [0.29, 0.717) is 18.7 Å². The topological polar surface area (TPSA) is 96.5 Å². The van der Waals surface area contributed by atoms with E-state index in [1.54, 1.807) is 25.3 Å². The largest absolute Gasteiger partial charge is 0.380 e. The van der Waals surface area contributed by atoms with E-state index in [-0.39, 0.29) is 18.3 Å². The molecule has 0 aliphatic carbocycles. The summed E-state index contributed by atoms with van der Waals surface area (Å²) in [5.74, 6) is -0.132. The van der Waals surface area contributed by atoms with Crippen molar-refractivity contribution in [1.82, 2.24) is 15.4 Å². The molecule has 27 heavy (non-hydrogen) atoms. The fourth-order valence-electron chi connectivity index (χ4n) is 2.59. The normalized spacial score (nSPS) is 11.2. The molecule has 7 nitrogen and oxygen atoms in total. The molecular weight excluding hydrogens is 366 g/mol. The molecule has 0 aliphatic rings. The molecule has 2 aromatic rings. The average Bonchev–Trinajstić information content (AvgIpc) is 2.66. The first kappa shape index (κ1) is 20.9. The molecule has 0 spiro atoms. The monoisotopic (exact) mass is 391 g/mol. The van der Waals surface area contributed by atoms with Crippen molar-refractivity contribution in [2.45, 2.75) is 25.4 Å². The van der Waals surface area contributed by atoms with E-state index in [9.17, 15) is 13.2 Å². The van der Waals surface area contributed by atoms with Gasteiger partial charge in [-0.2, -0.15) is 0 Å². The van der Waals surface area contributed by atoms with Gasteiger partial charge in [0, 0.05) is 20.2 Å². The number of hydrogen-bond acceptors (Lipinski definition) is 4. The smallest absolute Gasteiger partial charge is 0.315 e. The van der Waals surface area contributed by atoms with Crippen LogP contribution in [0.15, 0.2) is 48.5 Å². The number of carbonyl (C=O) groups is 1. The van der Waals surface area contributed by atoms with Crippen LogP contribution in [-0.4, -0.2) is 28.6 Å². The summed E-state index contributed by atoms with van der Waals surface area (Å²) >= 11 is 0. The molecule has 0 heterocycles. The molecular formula is C19H25N3O4S. The summed E-state index contributed by atoms with van der Waals surface area (Å²) in [5.41, 5.74) is 3.40. The quantitative estimate of drug-likeness (QED) is 0.608. The zero-order valence-corrected chi connectivity index (χ0v) is 16.3. The average molecular weight is 391 g/mol. The number of nitrogens with one attached hydrogen (secondary N) is 3.